The van der Waals surface area contributed by atoms with Crippen molar-refractivity contribution in [2.45, 2.75) is 24.8 Å². The second kappa shape index (κ2) is 8.81. The van der Waals surface area contributed by atoms with E-state index >= 15 is 0 Å². The Balaban J connectivity index is 1.42. The van der Waals surface area contributed by atoms with Crippen LogP contribution in [0.2, 0.25) is 0 Å². The summed E-state index contributed by atoms with van der Waals surface area (Å²) in [4.78, 5) is 14.2. The van der Waals surface area contributed by atoms with Gasteiger partial charge in [-0.25, -0.2) is 17.9 Å². The van der Waals surface area contributed by atoms with Crippen LogP contribution in [0.4, 0.5) is 4.39 Å². The Morgan fingerprint density at radius 3 is 2.44 bits per heavy atom. The largest absolute Gasteiger partial charge is 0.351 e. The van der Waals surface area contributed by atoms with Gasteiger partial charge in [-0.2, -0.15) is 5.10 Å². The first-order valence-electron chi connectivity index (χ1n) is 9.82. The first-order chi connectivity index (χ1) is 15.2. The van der Waals surface area contributed by atoms with Gasteiger partial charge in [0.1, 0.15) is 10.6 Å². The number of nitrogens with one attached hydrogen (secondary N) is 1. The van der Waals surface area contributed by atoms with Crippen LogP contribution in [0.25, 0.3) is 10.2 Å². The number of hydrogen-bond donors (Lipinski definition) is 2. The molecule has 32 heavy (non-hydrogen) atoms. The van der Waals surface area contributed by atoms with Crippen LogP contribution in [-0.4, -0.2) is 30.7 Å². The summed E-state index contributed by atoms with van der Waals surface area (Å²) < 4.78 is 37.6. The van der Waals surface area contributed by atoms with Gasteiger partial charge in [-0.1, -0.05) is 24.3 Å². The highest BCUT2D eigenvalue weighted by Gasteiger charge is 2.16. The fourth-order valence-electron chi connectivity index (χ4n) is 3.35. The average molecular weight is 473 g/mol. The van der Waals surface area contributed by atoms with Crippen molar-refractivity contribution in [1.82, 2.24) is 15.1 Å². The number of fused-ring (bicyclic) bond motifs is 1. The van der Waals surface area contributed by atoms with Crippen molar-refractivity contribution >= 4 is 37.5 Å². The van der Waals surface area contributed by atoms with Gasteiger partial charge in [0.2, 0.25) is 10.0 Å². The Morgan fingerprint density at radius 1 is 1.12 bits per heavy atom. The van der Waals surface area contributed by atoms with Crippen molar-refractivity contribution in [2.75, 3.05) is 6.54 Å². The maximum atomic E-state index is 13.2. The minimum absolute atomic E-state index is 0.0561. The lowest BCUT2D eigenvalue weighted by molar-refractivity contribution is 0.0958. The molecule has 4 aromatic rings. The monoisotopic (exact) mass is 472 g/mol. The Labute approximate surface area is 188 Å². The Hall–Kier alpha value is -3.08. The number of carbonyl (C=O) groups excluding carboxylic acids is 1. The normalized spacial score (nSPS) is 11.7. The number of carbonyl (C=O) groups is 1. The molecule has 0 aliphatic carbocycles. The number of halogens is 1. The van der Waals surface area contributed by atoms with Crippen molar-refractivity contribution in [2.24, 2.45) is 5.14 Å². The molecule has 0 atom stereocenters. The minimum Gasteiger partial charge on any atom is -0.351 e. The fraction of sp³-hybridized carbons (Fsp3) is 0.182. The van der Waals surface area contributed by atoms with E-state index in [1.54, 1.807) is 24.3 Å². The minimum atomic E-state index is -3.72. The Kier molecular flexibility index (Phi) is 6.09. The van der Waals surface area contributed by atoms with Gasteiger partial charge in [0.25, 0.3) is 5.91 Å². The molecule has 4 rings (SSSR count). The lowest BCUT2D eigenvalue weighted by atomic mass is 10.1. The molecule has 7 nitrogen and oxygen atoms in total. The summed E-state index contributed by atoms with van der Waals surface area (Å²) in [7, 11) is -3.72. The molecule has 0 unspecified atom stereocenters. The van der Waals surface area contributed by atoms with Crippen LogP contribution in [0.15, 0.2) is 59.5 Å². The van der Waals surface area contributed by atoms with E-state index in [2.05, 4.69) is 10.4 Å². The Morgan fingerprint density at radius 2 is 1.78 bits per heavy atom. The lowest BCUT2D eigenvalue weighted by Crippen LogP contribution is -2.24. The van der Waals surface area contributed by atoms with Gasteiger partial charge in [0.15, 0.2) is 0 Å². The van der Waals surface area contributed by atoms with Crippen LogP contribution in [0.1, 0.15) is 26.5 Å². The number of thiophene rings is 1. The van der Waals surface area contributed by atoms with Gasteiger partial charge >= 0.3 is 0 Å². The van der Waals surface area contributed by atoms with E-state index in [9.17, 15) is 17.6 Å². The Bertz CT molecular complexity index is 1380. The molecule has 0 aliphatic rings. The van der Waals surface area contributed by atoms with Crippen LogP contribution in [0.3, 0.4) is 0 Å². The number of benzene rings is 2. The number of nitrogens with two attached hydrogens (primary N) is 1. The number of aromatic nitrogens is 2. The zero-order chi connectivity index (χ0) is 22.9. The smallest absolute Gasteiger partial charge is 0.261 e. The van der Waals surface area contributed by atoms with Gasteiger partial charge < -0.3 is 5.32 Å². The summed E-state index contributed by atoms with van der Waals surface area (Å²) in [5.41, 5.74) is 2.64. The van der Waals surface area contributed by atoms with Gasteiger partial charge in [-0.05, 0) is 54.8 Å². The molecule has 2 aromatic carbocycles. The fourth-order valence-corrected chi connectivity index (χ4v) is 4.94. The summed E-state index contributed by atoms with van der Waals surface area (Å²) in [6.07, 6.45) is 0.554. The number of primary sulfonamides is 1. The molecule has 0 saturated heterocycles. The lowest BCUT2D eigenvalue weighted by Gasteiger charge is -2.05. The summed E-state index contributed by atoms with van der Waals surface area (Å²) >= 11 is 1.36. The van der Waals surface area contributed by atoms with Gasteiger partial charge in [-0.15, -0.1) is 11.3 Å². The molecule has 2 aromatic heterocycles. The SMILES string of the molecule is Cc1nn(Cc2ccc(F)cc2)c2sc(C(=O)NCCc3ccc(S(N)(=O)=O)cc3)cc12. The molecule has 0 aliphatic heterocycles. The molecule has 0 fully saturated rings. The van der Waals surface area contributed by atoms with Gasteiger partial charge in [-0.3, -0.25) is 9.48 Å². The number of rotatable bonds is 7. The van der Waals surface area contributed by atoms with E-state index in [0.717, 1.165) is 27.0 Å². The van der Waals surface area contributed by atoms with E-state index < -0.39 is 10.0 Å². The first-order valence-corrected chi connectivity index (χ1v) is 12.2. The standard InChI is InChI=1S/C22H21FN4O3S2/c1-14-19-12-20(31-22(19)27(26-14)13-16-2-6-17(23)7-3-16)21(28)25-11-10-15-4-8-18(9-5-15)32(24,29)30/h2-9,12H,10-11,13H2,1H3,(H,25,28)(H2,24,29,30). The highest BCUT2D eigenvalue weighted by Crippen LogP contribution is 2.29. The van der Waals surface area contributed by atoms with Crippen LogP contribution in [0.5, 0.6) is 0 Å². The summed E-state index contributed by atoms with van der Waals surface area (Å²) in [6.45, 7) is 2.78. The molecule has 0 bridgehead atoms. The highest BCUT2D eigenvalue weighted by molar-refractivity contribution is 7.89. The maximum absolute atomic E-state index is 13.2. The van der Waals surface area contributed by atoms with E-state index in [0.29, 0.717) is 24.4 Å². The molecule has 10 heteroatoms. The zero-order valence-corrected chi connectivity index (χ0v) is 18.8. The van der Waals surface area contributed by atoms with Crippen molar-refractivity contribution in [3.63, 3.8) is 0 Å². The van der Waals surface area contributed by atoms with Crippen molar-refractivity contribution < 1.29 is 17.6 Å². The topological polar surface area (TPSA) is 107 Å². The molecular formula is C22H21FN4O3S2. The van der Waals surface area contributed by atoms with Crippen LogP contribution in [-0.2, 0) is 23.0 Å². The quantitative estimate of drug-likeness (QED) is 0.431. The predicted molar refractivity (Wildman–Crippen MR) is 122 cm³/mol. The van der Waals surface area contributed by atoms with Gasteiger partial charge in [0.05, 0.1) is 22.0 Å². The maximum Gasteiger partial charge on any atom is 0.261 e. The van der Waals surface area contributed by atoms with Crippen molar-refractivity contribution in [3.05, 3.63) is 82.1 Å². The third-order valence-corrected chi connectivity index (χ3v) is 7.10. The third-order valence-electron chi connectivity index (χ3n) is 5.03. The van der Waals surface area contributed by atoms with Crippen molar-refractivity contribution in [3.8, 4) is 0 Å². The second-order valence-corrected chi connectivity index (χ2v) is 9.99. The van der Waals surface area contributed by atoms with E-state index in [4.69, 9.17) is 5.14 Å². The number of nitrogens with zero attached hydrogens (tertiary/aromatic N) is 2. The molecule has 166 valence electrons. The first kappa shape index (κ1) is 22.1. The molecule has 3 N–H and O–H groups in total. The predicted octanol–water partition coefficient (Wildman–Crippen LogP) is 3.21. The zero-order valence-electron chi connectivity index (χ0n) is 17.2. The van der Waals surface area contributed by atoms with Crippen molar-refractivity contribution in [1.29, 1.82) is 0 Å². The molecule has 0 spiro atoms. The van der Waals surface area contributed by atoms with E-state index in [1.807, 2.05) is 17.7 Å². The average Bonchev–Trinajstić information content (AvgIpc) is 3.31. The number of amides is 1. The summed E-state index contributed by atoms with van der Waals surface area (Å²) in [6, 6.07) is 14.4. The highest BCUT2D eigenvalue weighted by atomic mass is 32.2. The molecular weight excluding hydrogens is 451 g/mol. The van der Waals surface area contributed by atoms with Crippen LogP contribution < -0.4 is 10.5 Å². The number of sulfonamides is 1. The summed E-state index contributed by atoms with van der Waals surface area (Å²) in [5, 5.41) is 13.5. The number of hydrogen-bond acceptors (Lipinski definition) is 5. The summed E-state index contributed by atoms with van der Waals surface area (Å²) in [5.74, 6) is -0.467. The van der Waals surface area contributed by atoms with E-state index in [-0.39, 0.29) is 16.6 Å². The number of aryl methyl sites for hydroxylation is 1. The van der Waals surface area contributed by atoms with Crippen LogP contribution in [0, 0.1) is 12.7 Å². The molecule has 0 saturated carbocycles. The second-order valence-electron chi connectivity index (χ2n) is 7.39. The van der Waals surface area contributed by atoms with Crippen LogP contribution >= 0.6 is 11.3 Å². The van der Waals surface area contributed by atoms with E-state index in [1.165, 1.54) is 35.6 Å². The molecule has 0 radical (unpaired) electrons. The molecule has 1 amide bonds. The third kappa shape index (κ3) is 4.87. The van der Waals surface area contributed by atoms with Gasteiger partial charge in [0, 0.05) is 11.9 Å². The molecule has 2 heterocycles.